The summed E-state index contributed by atoms with van der Waals surface area (Å²) in [6.45, 7) is 10.0. The summed E-state index contributed by atoms with van der Waals surface area (Å²) in [6.07, 6.45) is 0.0883. The molecule has 14 heavy (non-hydrogen) atoms. The molecule has 0 saturated carbocycles. The van der Waals surface area contributed by atoms with Crippen molar-refractivity contribution in [3.05, 3.63) is 0 Å². The van der Waals surface area contributed by atoms with Crippen LogP contribution in [0.5, 0.6) is 0 Å². The quantitative estimate of drug-likeness (QED) is 0.370. The van der Waals surface area contributed by atoms with Gasteiger partial charge in [0.25, 0.3) is 0 Å². The second kappa shape index (κ2) is 5.23. The van der Waals surface area contributed by atoms with E-state index in [1.165, 1.54) is 0 Å². The van der Waals surface area contributed by atoms with Gasteiger partial charge in [0, 0.05) is 6.61 Å². The van der Waals surface area contributed by atoms with Crippen molar-refractivity contribution in [1.82, 2.24) is 0 Å². The van der Waals surface area contributed by atoms with E-state index in [1.54, 1.807) is 0 Å². The Hall–Kier alpha value is 0.0569. The van der Waals surface area contributed by atoms with Gasteiger partial charge in [-0.1, -0.05) is 0 Å². The zero-order chi connectivity index (χ0) is 10.6. The zero-order valence-electron chi connectivity index (χ0n) is 9.41. The molecule has 1 heterocycles. The maximum Gasteiger partial charge on any atom is 0.333 e. The summed E-state index contributed by atoms with van der Waals surface area (Å²) < 4.78 is 21.7. The van der Waals surface area contributed by atoms with E-state index in [2.05, 4.69) is 0 Å². The van der Waals surface area contributed by atoms with Crippen molar-refractivity contribution in [2.75, 3.05) is 19.8 Å². The molecule has 2 unspecified atom stereocenters. The molecule has 1 aliphatic heterocycles. The Balaban J connectivity index is 2.12. The SMILES string of the molecule is CCO[Si](C)(C)OC(C)OCC1CO1. The lowest BCUT2D eigenvalue weighted by atomic mass is 10.5. The van der Waals surface area contributed by atoms with Crippen LogP contribution in [0, 0.1) is 0 Å². The highest BCUT2D eigenvalue weighted by molar-refractivity contribution is 6.64. The van der Waals surface area contributed by atoms with Crippen molar-refractivity contribution >= 4 is 8.56 Å². The van der Waals surface area contributed by atoms with Gasteiger partial charge in [-0.2, -0.15) is 0 Å². The van der Waals surface area contributed by atoms with Gasteiger partial charge in [0.15, 0.2) is 0 Å². The first-order chi connectivity index (χ1) is 6.53. The summed E-state index contributed by atoms with van der Waals surface area (Å²) in [5.41, 5.74) is 0. The van der Waals surface area contributed by atoms with Gasteiger partial charge < -0.3 is 18.3 Å². The summed E-state index contributed by atoms with van der Waals surface area (Å²) in [7, 11) is -1.98. The first-order valence-electron chi connectivity index (χ1n) is 5.08. The first-order valence-corrected chi connectivity index (χ1v) is 7.90. The van der Waals surface area contributed by atoms with E-state index in [1.807, 2.05) is 26.9 Å². The lowest BCUT2D eigenvalue weighted by Crippen LogP contribution is -2.39. The van der Waals surface area contributed by atoms with E-state index in [4.69, 9.17) is 18.3 Å². The fraction of sp³-hybridized carbons (Fsp3) is 1.00. The van der Waals surface area contributed by atoms with E-state index in [9.17, 15) is 0 Å². The molecular weight excluding hydrogens is 200 g/mol. The van der Waals surface area contributed by atoms with Crippen molar-refractivity contribution in [3.8, 4) is 0 Å². The fourth-order valence-corrected chi connectivity index (χ4v) is 2.85. The van der Waals surface area contributed by atoms with Crippen LogP contribution in [-0.4, -0.2) is 40.8 Å². The molecule has 1 aliphatic rings. The summed E-state index contributed by atoms with van der Waals surface area (Å²) >= 11 is 0. The number of rotatable bonds is 7. The number of hydrogen-bond donors (Lipinski definition) is 0. The van der Waals surface area contributed by atoms with Crippen LogP contribution in [0.4, 0.5) is 0 Å². The average molecular weight is 220 g/mol. The highest BCUT2D eigenvalue weighted by atomic mass is 28.4. The minimum absolute atomic E-state index is 0.201. The van der Waals surface area contributed by atoms with E-state index < -0.39 is 8.56 Å². The molecule has 0 aliphatic carbocycles. The van der Waals surface area contributed by atoms with E-state index in [0.29, 0.717) is 13.2 Å². The summed E-state index contributed by atoms with van der Waals surface area (Å²) in [5, 5.41) is 0. The van der Waals surface area contributed by atoms with Crippen LogP contribution < -0.4 is 0 Å². The van der Waals surface area contributed by atoms with Gasteiger partial charge >= 0.3 is 8.56 Å². The van der Waals surface area contributed by atoms with Gasteiger partial charge in [-0.15, -0.1) is 0 Å². The van der Waals surface area contributed by atoms with Crippen LogP contribution in [0.25, 0.3) is 0 Å². The second-order valence-corrected chi connectivity index (χ2v) is 7.13. The van der Waals surface area contributed by atoms with Gasteiger partial charge in [-0.3, -0.25) is 0 Å². The molecule has 0 N–H and O–H groups in total. The topological polar surface area (TPSA) is 40.2 Å². The Kier molecular flexibility index (Phi) is 4.53. The molecule has 84 valence electrons. The van der Waals surface area contributed by atoms with E-state index >= 15 is 0 Å². The lowest BCUT2D eigenvalue weighted by molar-refractivity contribution is -0.0886. The predicted molar refractivity (Wildman–Crippen MR) is 55.3 cm³/mol. The molecule has 2 atom stereocenters. The zero-order valence-corrected chi connectivity index (χ0v) is 10.4. The largest absolute Gasteiger partial charge is 0.395 e. The molecule has 4 nitrogen and oxygen atoms in total. The Labute approximate surface area is 86.7 Å². The lowest BCUT2D eigenvalue weighted by Gasteiger charge is -2.26. The third kappa shape index (κ3) is 5.07. The predicted octanol–water partition coefficient (Wildman–Crippen LogP) is 1.50. The summed E-state index contributed by atoms with van der Waals surface area (Å²) in [6, 6.07) is 0. The fourth-order valence-electron chi connectivity index (χ4n) is 1.22. The number of ether oxygens (including phenoxy) is 2. The van der Waals surface area contributed by atoms with Crippen LogP contribution in [0.3, 0.4) is 0 Å². The number of epoxide rings is 1. The Morgan fingerprint density at radius 2 is 2.14 bits per heavy atom. The molecule has 1 rings (SSSR count). The van der Waals surface area contributed by atoms with Crippen molar-refractivity contribution in [1.29, 1.82) is 0 Å². The van der Waals surface area contributed by atoms with Crippen LogP contribution in [0.15, 0.2) is 0 Å². The molecular formula is C9H20O4Si. The van der Waals surface area contributed by atoms with Gasteiger partial charge in [0.05, 0.1) is 13.2 Å². The molecule has 1 saturated heterocycles. The van der Waals surface area contributed by atoms with Crippen molar-refractivity contribution < 1.29 is 18.3 Å². The van der Waals surface area contributed by atoms with Gasteiger partial charge in [-0.25, -0.2) is 0 Å². The molecule has 0 aromatic rings. The number of hydrogen-bond acceptors (Lipinski definition) is 4. The molecule has 0 spiro atoms. The van der Waals surface area contributed by atoms with Crippen LogP contribution in [-0.2, 0) is 18.3 Å². The van der Waals surface area contributed by atoms with Gasteiger partial charge in [-0.05, 0) is 26.9 Å². The normalized spacial score (nSPS) is 23.6. The molecule has 0 radical (unpaired) electrons. The Morgan fingerprint density at radius 3 is 2.64 bits per heavy atom. The third-order valence-corrected chi connectivity index (χ3v) is 3.74. The summed E-state index contributed by atoms with van der Waals surface area (Å²) in [4.78, 5) is 0. The maximum atomic E-state index is 5.70. The molecule has 0 aromatic carbocycles. The Morgan fingerprint density at radius 1 is 1.50 bits per heavy atom. The minimum Gasteiger partial charge on any atom is -0.395 e. The van der Waals surface area contributed by atoms with Crippen molar-refractivity contribution in [2.24, 2.45) is 0 Å². The summed E-state index contributed by atoms with van der Waals surface area (Å²) in [5.74, 6) is 0. The third-order valence-electron chi connectivity index (χ3n) is 1.86. The van der Waals surface area contributed by atoms with Gasteiger partial charge in [0.1, 0.15) is 12.4 Å². The maximum absolute atomic E-state index is 5.70. The minimum atomic E-state index is -1.98. The highest BCUT2D eigenvalue weighted by Crippen LogP contribution is 2.14. The molecule has 5 heteroatoms. The van der Waals surface area contributed by atoms with E-state index in [0.717, 1.165) is 6.61 Å². The Bertz CT molecular complexity index is 170. The molecule has 0 amide bonds. The molecule has 0 aromatic heterocycles. The molecule has 0 bridgehead atoms. The highest BCUT2D eigenvalue weighted by Gasteiger charge is 2.29. The van der Waals surface area contributed by atoms with E-state index in [-0.39, 0.29) is 12.4 Å². The smallest absolute Gasteiger partial charge is 0.333 e. The van der Waals surface area contributed by atoms with Crippen molar-refractivity contribution in [2.45, 2.75) is 39.3 Å². The second-order valence-electron chi connectivity index (χ2n) is 3.81. The first kappa shape index (κ1) is 12.1. The molecule has 1 fully saturated rings. The standard InChI is InChI=1S/C9H20O4Si/c1-5-12-14(3,4)13-8(2)10-6-9-7-11-9/h8-9H,5-7H2,1-4H3. The van der Waals surface area contributed by atoms with Crippen LogP contribution in [0.1, 0.15) is 13.8 Å². The van der Waals surface area contributed by atoms with Crippen LogP contribution in [0.2, 0.25) is 13.1 Å². The average Bonchev–Trinajstić information content (AvgIpc) is 2.82. The van der Waals surface area contributed by atoms with Crippen molar-refractivity contribution in [3.63, 3.8) is 0 Å². The monoisotopic (exact) mass is 220 g/mol. The van der Waals surface area contributed by atoms with Gasteiger partial charge in [0.2, 0.25) is 0 Å². The van der Waals surface area contributed by atoms with Crippen LogP contribution >= 0.6 is 0 Å².